The second kappa shape index (κ2) is 7.32. The quantitative estimate of drug-likeness (QED) is 0.731. The van der Waals surface area contributed by atoms with Crippen molar-refractivity contribution in [2.24, 2.45) is 0 Å². The van der Waals surface area contributed by atoms with Crippen LogP contribution >= 0.6 is 11.6 Å². The summed E-state index contributed by atoms with van der Waals surface area (Å²) in [6.07, 6.45) is 2.53. The lowest BCUT2D eigenvalue weighted by Crippen LogP contribution is -2.22. The molecule has 1 heterocycles. The van der Waals surface area contributed by atoms with Crippen LogP contribution in [0, 0.1) is 0 Å². The molecule has 1 amide bonds. The van der Waals surface area contributed by atoms with Crippen molar-refractivity contribution >= 4 is 17.5 Å². The van der Waals surface area contributed by atoms with Gasteiger partial charge in [0, 0.05) is 17.1 Å². The van der Waals surface area contributed by atoms with E-state index in [4.69, 9.17) is 11.6 Å². The number of amides is 1. The average Bonchev–Trinajstić information content (AvgIpc) is 3.09. The minimum Gasteiger partial charge on any atom is -0.348 e. The number of aromatic nitrogens is 2. The van der Waals surface area contributed by atoms with E-state index >= 15 is 0 Å². The molecule has 0 aliphatic rings. The number of halogens is 1. The smallest absolute Gasteiger partial charge is 0.255 e. The van der Waals surface area contributed by atoms with Gasteiger partial charge in [0.05, 0.1) is 17.5 Å². The first-order valence-corrected chi connectivity index (χ1v) is 8.20. The van der Waals surface area contributed by atoms with Crippen molar-refractivity contribution < 1.29 is 4.79 Å². The number of aryl methyl sites for hydroxylation is 1. The maximum atomic E-state index is 12.5. The topological polar surface area (TPSA) is 57.8 Å². The van der Waals surface area contributed by atoms with Gasteiger partial charge >= 0.3 is 0 Å². The van der Waals surface area contributed by atoms with Gasteiger partial charge in [-0.25, -0.2) is 0 Å². The van der Waals surface area contributed by atoms with E-state index < -0.39 is 0 Å². The van der Waals surface area contributed by atoms with Gasteiger partial charge in [-0.2, -0.15) is 5.10 Å². The third-order valence-electron chi connectivity index (χ3n) is 3.88. The lowest BCUT2D eigenvalue weighted by Gasteiger charge is -2.07. The highest BCUT2D eigenvalue weighted by Gasteiger charge is 2.15. The van der Waals surface area contributed by atoms with Gasteiger partial charge in [0.2, 0.25) is 0 Å². The van der Waals surface area contributed by atoms with Crippen molar-refractivity contribution in [1.82, 2.24) is 15.5 Å². The second-order valence-electron chi connectivity index (χ2n) is 5.52. The third kappa shape index (κ3) is 3.66. The Morgan fingerprint density at radius 2 is 1.96 bits per heavy atom. The summed E-state index contributed by atoms with van der Waals surface area (Å²) in [5, 5.41) is 10.5. The first-order valence-electron chi connectivity index (χ1n) is 7.82. The average molecular weight is 340 g/mol. The first-order chi connectivity index (χ1) is 11.7. The van der Waals surface area contributed by atoms with Gasteiger partial charge in [-0.05, 0) is 29.7 Å². The maximum Gasteiger partial charge on any atom is 0.255 e. The van der Waals surface area contributed by atoms with Crippen LogP contribution in [0.1, 0.15) is 28.4 Å². The number of aromatic amines is 1. The molecular formula is C19H18ClN3O. The monoisotopic (exact) mass is 339 g/mol. The fraction of sp³-hybridized carbons (Fsp3) is 0.158. The fourth-order valence-electron chi connectivity index (χ4n) is 2.51. The van der Waals surface area contributed by atoms with Crippen LogP contribution in [-0.4, -0.2) is 16.1 Å². The molecule has 0 atom stereocenters. The molecule has 1 aromatic heterocycles. The maximum absolute atomic E-state index is 12.5. The summed E-state index contributed by atoms with van der Waals surface area (Å²) in [4.78, 5) is 12.5. The molecule has 2 aromatic carbocycles. The standard InChI is InChI=1S/C19H18ClN3O/c1-2-13-6-8-15(9-7-13)18-17(12-22-23-18)19(24)21-11-14-4-3-5-16(20)10-14/h3-10,12H,2,11H2,1H3,(H,21,24)(H,22,23). The molecule has 0 aliphatic heterocycles. The molecular weight excluding hydrogens is 322 g/mol. The molecule has 3 rings (SSSR count). The largest absolute Gasteiger partial charge is 0.348 e. The number of carbonyl (C=O) groups excluding carboxylic acids is 1. The number of nitrogens with one attached hydrogen (secondary N) is 2. The molecule has 0 saturated carbocycles. The molecule has 0 fully saturated rings. The predicted molar refractivity (Wildman–Crippen MR) is 96.0 cm³/mol. The molecule has 122 valence electrons. The van der Waals surface area contributed by atoms with E-state index in [1.54, 1.807) is 12.3 Å². The Morgan fingerprint density at radius 3 is 2.67 bits per heavy atom. The molecule has 0 bridgehead atoms. The summed E-state index contributed by atoms with van der Waals surface area (Å²) < 4.78 is 0. The lowest BCUT2D eigenvalue weighted by atomic mass is 10.0. The van der Waals surface area contributed by atoms with E-state index in [2.05, 4.69) is 34.6 Å². The lowest BCUT2D eigenvalue weighted by molar-refractivity contribution is 0.0951. The van der Waals surface area contributed by atoms with Crippen LogP contribution in [0.5, 0.6) is 0 Å². The van der Waals surface area contributed by atoms with Gasteiger partial charge in [-0.1, -0.05) is 54.9 Å². The van der Waals surface area contributed by atoms with Crippen molar-refractivity contribution in [3.8, 4) is 11.3 Å². The zero-order valence-corrected chi connectivity index (χ0v) is 14.1. The van der Waals surface area contributed by atoms with E-state index in [0.717, 1.165) is 23.2 Å². The van der Waals surface area contributed by atoms with Crippen LogP contribution in [-0.2, 0) is 13.0 Å². The van der Waals surface area contributed by atoms with Gasteiger partial charge in [0.15, 0.2) is 0 Å². The molecule has 0 unspecified atom stereocenters. The Morgan fingerprint density at radius 1 is 1.17 bits per heavy atom. The molecule has 0 saturated heterocycles. The van der Waals surface area contributed by atoms with Gasteiger partial charge in [0.25, 0.3) is 5.91 Å². The minimum absolute atomic E-state index is 0.168. The van der Waals surface area contributed by atoms with Gasteiger partial charge in [-0.15, -0.1) is 0 Å². The fourth-order valence-corrected chi connectivity index (χ4v) is 2.72. The van der Waals surface area contributed by atoms with E-state index in [1.807, 2.05) is 30.3 Å². The summed E-state index contributed by atoms with van der Waals surface area (Å²) in [7, 11) is 0. The SMILES string of the molecule is CCc1ccc(-c2[nH]ncc2C(=O)NCc2cccc(Cl)c2)cc1. The molecule has 4 nitrogen and oxygen atoms in total. The van der Waals surface area contributed by atoms with Crippen LogP contribution in [0.25, 0.3) is 11.3 Å². The van der Waals surface area contributed by atoms with Crippen molar-refractivity contribution in [3.63, 3.8) is 0 Å². The van der Waals surface area contributed by atoms with Crippen LogP contribution in [0.2, 0.25) is 5.02 Å². The third-order valence-corrected chi connectivity index (χ3v) is 4.11. The number of H-pyrrole nitrogens is 1. The molecule has 3 aromatic rings. The van der Waals surface area contributed by atoms with Crippen molar-refractivity contribution in [2.45, 2.75) is 19.9 Å². The van der Waals surface area contributed by atoms with E-state index in [0.29, 0.717) is 17.1 Å². The molecule has 5 heteroatoms. The normalized spacial score (nSPS) is 10.6. The summed E-state index contributed by atoms with van der Waals surface area (Å²) in [5.41, 5.74) is 4.40. The predicted octanol–water partition coefficient (Wildman–Crippen LogP) is 4.22. The molecule has 0 radical (unpaired) electrons. The number of hydrogen-bond acceptors (Lipinski definition) is 2. The van der Waals surface area contributed by atoms with E-state index in [-0.39, 0.29) is 5.91 Å². The van der Waals surface area contributed by atoms with Gasteiger partial charge in [0.1, 0.15) is 0 Å². The Labute approximate surface area is 145 Å². The van der Waals surface area contributed by atoms with Crippen LogP contribution in [0.3, 0.4) is 0 Å². The van der Waals surface area contributed by atoms with Gasteiger partial charge < -0.3 is 5.32 Å². The summed E-state index contributed by atoms with van der Waals surface area (Å²) in [6, 6.07) is 15.5. The highest BCUT2D eigenvalue weighted by molar-refractivity contribution is 6.30. The Hall–Kier alpha value is -2.59. The zero-order valence-electron chi connectivity index (χ0n) is 13.3. The first kappa shape index (κ1) is 16.3. The van der Waals surface area contributed by atoms with Crippen molar-refractivity contribution in [1.29, 1.82) is 0 Å². The molecule has 0 spiro atoms. The zero-order chi connectivity index (χ0) is 16.9. The summed E-state index contributed by atoms with van der Waals surface area (Å²) >= 11 is 5.96. The van der Waals surface area contributed by atoms with Gasteiger partial charge in [-0.3, -0.25) is 9.89 Å². The van der Waals surface area contributed by atoms with E-state index in [9.17, 15) is 4.79 Å². The number of carbonyl (C=O) groups is 1. The Bertz CT molecular complexity index is 840. The Kier molecular flexibility index (Phi) is 4.96. The summed E-state index contributed by atoms with van der Waals surface area (Å²) in [6.45, 7) is 2.53. The van der Waals surface area contributed by atoms with Crippen LogP contribution in [0.15, 0.2) is 54.7 Å². The highest BCUT2D eigenvalue weighted by atomic mass is 35.5. The van der Waals surface area contributed by atoms with E-state index in [1.165, 1.54) is 5.56 Å². The molecule has 24 heavy (non-hydrogen) atoms. The molecule has 2 N–H and O–H groups in total. The van der Waals surface area contributed by atoms with Crippen molar-refractivity contribution in [3.05, 3.63) is 76.4 Å². The van der Waals surface area contributed by atoms with Crippen molar-refractivity contribution in [2.75, 3.05) is 0 Å². The highest BCUT2D eigenvalue weighted by Crippen LogP contribution is 2.22. The van der Waals surface area contributed by atoms with Crippen LogP contribution < -0.4 is 5.32 Å². The minimum atomic E-state index is -0.168. The molecule has 0 aliphatic carbocycles. The Balaban J connectivity index is 1.75. The number of rotatable bonds is 5. The number of benzene rings is 2. The second-order valence-corrected chi connectivity index (χ2v) is 5.96. The summed E-state index contributed by atoms with van der Waals surface area (Å²) in [5.74, 6) is -0.168. The number of hydrogen-bond donors (Lipinski definition) is 2. The van der Waals surface area contributed by atoms with Crippen LogP contribution in [0.4, 0.5) is 0 Å². The number of nitrogens with zero attached hydrogens (tertiary/aromatic N) is 1.